The van der Waals surface area contributed by atoms with Crippen LogP contribution in [0.5, 0.6) is 5.75 Å². The van der Waals surface area contributed by atoms with Crippen LogP contribution in [0.3, 0.4) is 0 Å². The Hall–Kier alpha value is -1.36. The van der Waals surface area contributed by atoms with Gasteiger partial charge in [0, 0.05) is 29.2 Å². The van der Waals surface area contributed by atoms with E-state index in [0.717, 1.165) is 25.1 Å². The maximum atomic E-state index is 13.6. The van der Waals surface area contributed by atoms with E-state index in [1.807, 2.05) is 6.92 Å². The molecule has 1 saturated heterocycles. The van der Waals surface area contributed by atoms with Crippen LogP contribution in [0.25, 0.3) is 0 Å². The quantitative estimate of drug-likeness (QED) is 0.873. The molecule has 0 amide bonds. The lowest BCUT2D eigenvalue weighted by atomic mass is 9.95. The molecule has 1 aromatic carbocycles. The number of pyridine rings is 1. The van der Waals surface area contributed by atoms with Crippen molar-refractivity contribution in [3.8, 4) is 5.75 Å². The van der Waals surface area contributed by atoms with Crippen molar-refractivity contribution in [1.29, 1.82) is 0 Å². The largest absolute Gasteiger partial charge is 0.483 e. The summed E-state index contributed by atoms with van der Waals surface area (Å²) in [5, 5.41) is 4.33. The monoisotopic (exact) mass is 354 g/mol. The van der Waals surface area contributed by atoms with Gasteiger partial charge in [-0.15, -0.1) is 0 Å². The van der Waals surface area contributed by atoms with E-state index in [-0.39, 0.29) is 17.8 Å². The van der Waals surface area contributed by atoms with Crippen LogP contribution in [0.1, 0.15) is 23.7 Å². The minimum absolute atomic E-state index is 0.227. The first-order chi connectivity index (χ1) is 11.0. The summed E-state index contributed by atoms with van der Waals surface area (Å²) >= 11 is 12.3. The molecule has 1 N–H and O–H groups in total. The highest BCUT2D eigenvalue weighted by atomic mass is 35.5. The smallest absolute Gasteiger partial charge is 0.141 e. The van der Waals surface area contributed by atoms with E-state index in [1.54, 1.807) is 18.3 Å². The van der Waals surface area contributed by atoms with Gasteiger partial charge in [0.1, 0.15) is 17.7 Å². The van der Waals surface area contributed by atoms with Gasteiger partial charge in [-0.25, -0.2) is 4.39 Å². The second kappa shape index (κ2) is 7.04. The fourth-order valence-electron chi connectivity index (χ4n) is 2.92. The van der Waals surface area contributed by atoms with Crippen LogP contribution >= 0.6 is 23.2 Å². The van der Waals surface area contributed by atoms with E-state index < -0.39 is 0 Å². The number of aryl methyl sites for hydroxylation is 1. The average Bonchev–Trinajstić information content (AvgIpc) is 3.00. The van der Waals surface area contributed by atoms with E-state index in [1.165, 1.54) is 12.3 Å². The molecule has 1 aliphatic rings. The maximum Gasteiger partial charge on any atom is 0.141 e. The van der Waals surface area contributed by atoms with Gasteiger partial charge in [0.2, 0.25) is 0 Å². The standard InChI is InChI=1S/C17H17Cl2FN2O/c1-10-4-13(18)6-15(19)16(10)23-17(11-2-3-21-7-11)12-5-14(20)9-22-8-12/h4-6,8-9,11,17,21H,2-3,7H2,1H3/t11-,17?/m0/s1. The molecule has 2 aromatic rings. The molecule has 2 atom stereocenters. The first kappa shape index (κ1) is 16.5. The number of rotatable bonds is 4. The Balaban J connectivity index is 1.96. The highest BCUT2D eigenvalue weighted by Crippen LogP contribution is 2.38. The number of hydrogen-bond acceptors (Lipinski definition) is 3. The Labute approximate surface area is 144 Å². The summed E-state index contributed by atoms with van der Waals surface area (Å²) < 4.78 is 19.8. The third-order valence-electron chi connectivity index (χ3n) is 4.02. The molecule has 1 aromatic heterocycles. The number of ether oxygens (including phenoxy) is 1. The lowest BCUT2D eigenvalue weighted by Crippen LogP contribution is -2.22. The molecule has 2 heterocycles. The summed E-state index contributed by atoms with van der Waals surface area (Å²) in [7, 11) is 0. The van der Waals surface area contributed by atoms with Crippen molar-refractivity contribution in [3.05, 3.63) is 57.6 Å². The summed E-state index contributed by atoms with van der Waals surface area (Å²) in [5.41, 5.74) is 1.56. The van der Waals surface area contributed by atoms with Gasteiger partial charge >= 0.3 is 0 Å². The molecular formula is C17H17Cl2FN2O. The van der Waals surface area contributed by atoms with Crippen LogP contribution in [-0.2, 0) is 0 Å². The van der Waals surface area contributed by atoms with Gasteiger partial charge < -0.3 is 10.1 Å². The molecule has 23 heavy (non-hydrogen) atoms. The average molecular weight is 355 g/mol. The Morgan fingerprint density at radius 3 is 2.78 bits per heavy atom. The molecule has 0 spiro atoms. The molecule has 6 heteroatoms. The Bertz CT molecular complexity index is 682. The molecular weight excluding hydrogens is 338 g/mol. The lowest BCUT2D eigenvalue weighted by Gasteiger charge is -2.26. The van der Waals surface area contributed by atoms with Gasteiger partial charge in [0.05, 0.1) is 11.2 Å². The first-order valence-corrected chi connectivity index (χ1v) is 8.23. The predicted octanol–water partition coefficient (Wildman–Crippen LogP) is 4.57. The van der Waals surface area contributed by atoms with Crippen molar-refractivity contribution in [2.24, 2.45) is 5.92 Å². The maximum absolute atomic E-state index is 13.6. The van der Waals surface area contributed by atoms with Gasteiger partial charge in [-0.3, -0.25) is 4.98 Å². The number of nitrogens with zero attached hydrogens (tertiary/aromatic N) is 1. The Kier molecular flexibility index (Phi) is 5.05. The number of hydrogen-bond donors (Lipinski definition) is 1. The third-order valence-corrected chi connectivity index (χ3v) is 4.52. The van der Waals surface area contributed by atoms with Crippen LogP contribution in [0, 0.1) is 18.7 Å². The molecule has 1 aliphatic heterocycles. The zero-order valence-corrected chi connectivity index (χ0v) is 14.2. The molecule has 0 bridgehead atoms. The molecule has 122 valence electrons. The van der Waals surface area contributed by atoms with E-state index in [2.05, 4.69) is 10.3 Å². The van der Waals surface area contributed by atoms with E-state index >= 15 is 0 Å². The fraction of sp³-hybridized carbons (Fsp3) is 0.353. The molecule has 3 nitrogen and oxygen atoms in total. The van der Waals surface area contributed by atoms with Crippen LogP contribution in [0.4, 0.5) is 4.39 Å². The summed E-state index contributed by atoms with van der Waals surface area (Å²) in [5.74, 6) is 0.433. The zero-order valence-electron chi connectivity index (χ0n) is 12.7. The summed E-state index contributed by atoms with van der Waals surface area (Å²) in [6, 6.07) is 4.92. The van der Waals surface area contributed by atoms with Gasteiger partial charge in [0.15, 0.2) is 0 Å². The van der Waals surface area contributed by atoms with Crippen LogP contribution in [0.2, 0.25) is 10.0 Å². The topological polar surface area (TPSA) is 34.1 Å². The Morgan fingerprint density at radius 2 is 2.13 bits per heavy atom. The minimum atomic E-state index is -0.374. The molecule has 0 radical (unpaired) electrons. The van der Waals surface area contributed by atoms with Crippen molar-refractivity contribution in [2.75, 3.05) is 13.1 Å². The zero-order chi connectivity index (χ0) is 16.4. The third kappa shape index (κ3) is 3.77. The summed E-state index contributed by atoms with van der Waals surface area (Å²) in [6.07, 6.45) is 3.47. The van der Waals surface area contributed by atoms with Gasteiger partial charge in [-0.2, -0.15) is 0 Å². The van der Waals surface area contributed by atoms with E-state index in [9.17, 15) is 4.39 Å². The minimum Gasteiger partial charge on any atom is -0.483 e. The lowest BCUT2D eigenvalue weighted by molar-refractivity contribution is 0.143. The summed E-state index contributed by atoms with van der Waals surface area (Å²) in [6.45, 7) is 3.62. The highest BCUT2D eigenvalue weighted by molar-refractivity contribution is 6.35. The van der Waals surface area contributed by atoms with Gasteiger partial charge in [-0.1, -0.05) is 23.2 Å². The molecule has 0 aliphatic carbocycles. The van der Waals surface area contributed by atoms with Gasteiger partial charge in [0.25, 0.3) is 0 Å². The normalized spacial score (nSPS) is 18.9. The number of aromatic nitrogens is 1. The number of nitrogens with one attached hydrogen (secondary N) is 1. The van der Waals surface area contributed by atoms with Crippen molar-refractivity contribution >= 4 is 23.2 Å². The second-order valence-corrected chi connectivity index (χ2v) is 6.61. The van der Waals surface area contributed by atoms with Crippen LogP contribution in [0.15, 0.2) is 30.6 Å². The molecule has 1 fully saturated rings. The van der Waals surface area contributed by atoms with E-state index in [0.29, 0.717) is 21.4 Å². The predicted molar refractivity (Wildman–Crippen MR) is 89.7 cm³/mol. The first-order valence-electron chi connectivity index (χ1n) is 7.48. The summed E-state index contributed by atoms with van der Waals surface area (Å²) in [4.78, 5) is 3.95. The van der Waals surface area contributed by atoms with E-state index in [4.69, 9.17) is 27.9 Å². The number of halogens is 3. The van der Waals surface area contributed by atoms with Crippen LogP contribution < -0.4 is 10.1 Å². The van der Waals surface area contributed by atoms with Crippen LogP contribution in [-0.4, -0.2) is 18.1 Å². The van der Waals surface area contributed by atoms with Gasteiger partial charge in [-0.05, 0) is 43.7 Å². The fourth-order valence-corrected chi connectivity index (χ4v) is 3.56. The molecule has 0 saturated carbocycles. The van der Waals surface area contributed by atoms with Crippen molar-refractivity contribution in [2.45, 2.75) is 19.4 Å². The highest BCUT2D eigenvalue weighted by Gasteiger charge is 2.29. The Morgan fingerprint density at radius 1 is 1.30 bits per heavy atom. The van der Waals surface area contributed by atoms with Crippen molar-refractivity contribution in [1.82, 2.24) is 10.3 Å². The molecule has 1 unspecified atom stereocenters. The van der Waals surface area contributed by atoms with Crippen molar-refractivity contribution < 1.29 is 9.13 Å². The molecule has 3 rings (SSSR count). The number of benzene rings is 1. The SMILES string of the molecule is Cc1cc(Cl)cc(Cl)c1OC(c1cncc(F)c1)[C@H]1CCNC1. The second-order valence-electron chi connectivity index (χ2n) is 5.76. The van der Waals surface area contributed by atoms with Crippen molar-refractivity contribution in [3.63, 3.8) is 0 Å².